The molecule has 2 rings (SSSR count). The molecular formula is C20H24N2O3. The van der Waals surface area contributed by atoms with Gasteiger partial charge in [0.2, 0.25) is 5.91 Å². The van der Waals surface area contributed by atoms with Crippen LogP contribution < -0.4 is 5.32 Å². The smallest absolute Gasteiger partial charge is 0.317 e. The molecular weight excluding hydrogens is 316 g/mol. The summed E-state index contributed by atoms with van der Waals surface area (Å²) in [7, 11) is 1.62. The van der Waals surface area contributed by atoms with Gasteiger partial charge in [0.1, 0.15) is 0 Å². The maximum atomic E-state index is 11.9. The number of amides is 1. The maximum absolute atomic E-state index is 11.9. The Morgan fingerprint density at radius 1 is 0.960 bits per heavy atom. The molecule has 0 aliphatic rings. The van der Waals surface area contributed by atoms with E-state index < -0.39 is 5.97 Å². The van der Waals surface area contributed by atoms with Crippen molar-refractivity contribution < 1.29 is 14.7 Å². The largest absolute Gasteiger partial charge is 0.480 e. The van der Waals surface area contributed by atoms with Crippen LogP contribution in [0.25, 0.3) is 0 Å². The van der Waals surface area contributed by atoms with Crippen LogP contribution in [0.1, 0.15) is 23.5 Å². The molecule has 0 aliphatic heterocycles. The fourth-order valence-corrected chi connectivity index (χ4v) is 2.84. The molecule has 0 heterocycles. The molecule has 0 saturated carbocycles. The second-order valence-electron chi connectivity index (χ2n) is 6.08. The molecule has 0 aliphatic carbocycles. The van der Waals surface area contributed by atoms with Gasteiger partial charge in [0.05, 0.1) is 13.1 Å². The van der Waals surface area contributed by atoms with E-state index in [1.165, 1.54) is 16.0 Å². The number of likely N-dealkylation sites (N-methyl/N-ethyl adjacent to an activating group) is 1. The first-order valence-corrected chi connectivity index (χ1v) is 8.33. The van der Waals surface area contributed by atoms with Crippen LogP contribution in [0, 0.1) is 0 Å². The number of nitrogens with zero attached hydrogens (tertiary/aromatic N) is 1. The highest BCUT2D eigenvalue weighted by Crippen LogP contribution is 2.27. The van der Waals surface area contributed by atoms with Crippen molar-refractivity contribution in [1.29, 1.82) is 0 Å². The molecule has 0 saturated heterocycles. The zero-order valence-electron chi connectivity index (χ0n) is 14.4. The first-order valence-electron chi connectivity index (χ1n) is 8.33. The monoisotopic (exact) mass is 340 g/mol. The summed E-state index contributed by atoms with van der Waals surface area (Å²) < 4.78 is 0. The number of hydrogen-bond donors (Lipinski definition) is 2. The van der Waals surface area contributed by atoms with E-state index in [1.54, 1.807) is 7.05 Å². The quantitative estimate of drug-likeness (QED) is 0.735. The van der Waals surface area contributed by atoms with Crippen LogP contribution in [0.5, 0.6) is 0 Å². The van der Waals surface area contributed by atoms with Gasteiger partial charge in [0.15, 0.2) is 0 Å². The van der Waals surface area contributed by atoms with Crippen LogP contribution in [0.15, 0.2) is 60.7 Å². The molecule has 0 unspecified atom stereocenters. The zero-order chi connectivity index (χ0) is 18.1. The number of benzene rings is 2. The SMILES string of the molecule is CN(CC(=O)O)CC(=O)NCCC(c1ccccc1)c1ccccc1. The zero-order valence-corrected chi connectivity index (χ0v) is 14.4. The van der Waals surface area contributed by atoms with Gasteiger partial charge in [-0.3, -0.25) is 14.5 Å². The lowest BCUT2D eigenvalue weighted by Gasteiger charge is -2.19. The minimum Gasteiger partial charge on any atom is -0.480 e. The Morgan fingerprint density at radius 2 is 1.48 bits per heavy atom. The first-order chi connectivity index (χ1) is 12.1. The lowest BCUT2D eigenvalue weighted by molar-refractivity contribution is -0.138. The second-order valence-corrected chi connectivity index (χ2v) is 6.08. The van der Waals surface area contributed by atoms with Gasteiger partial charge in [-0.25, -0.2) is 0 Å². The third kappa shape index (κ3) is 6.39. The minimum absolute atomic E-state index is 0.0770. The Kier molecular flexibility index (Phi) is 7.16. The molecule has 2 aromatic rings. The maximum Gasteiger partial charge on any atom is 0.317 e. The highest BCUT2D eigenvalue weighted by molar-refractivity contribution is 5.78. The fourth-order valence-electron chi connectivity index (χ4n) is 2.84. The Hall–Kier alpha value is -2.66. The minimum atomic E-state index is -0.941. The molecule has 0 radical (unpaired) electrons. The van der Waals surface area contributed by atoms with Crippen molar-refractivity contribution >= 4 is 11.9 Å². The van der Waals surface area contributed by atoms with E-state index >= 15 is 0 Å². The number of aliphatic carboxylic acids is 1. The van der Waals surface area contributed by atoms with Gasteiger partial charge in [-0.1, -0.05) is 60.7 Å². The molecule has 0 atom stereocenters. The summed E-state index contributed by atoms with van der Waals surface area (Å²) in [5.74, 6) is -0.897. The van der Waals surface area contributed by atoms with E-state index in [1.807, 2.05) is 36.4 Å². The van der Waals surface area contributed by atoms with Crippen LogP contribution in [0.3, 0.4) is 0 Å². The van der Waals surface area contributed by atoms with Crippen molar-refractivity contribution in [2.24, 2.45) is 0 Å². The molecule has 25 heavy (non-hydrogen) atoms. The van der Waals surface area contributed by atoms with Crippen molar-refractivity contribution in [3.05, 3.63) is 71.8 Å². The van der Waals surface area contributed by atoms with E-state index in [4.69, 9.17) is 5.11 Å². The molecule has 0 spiro atoms. The van der Waals surface area contributed by atoms with Gasteiger partial charge in [-0.15, -0.1) is 0 Å². The molecule has 2 aromatic carbocycles. The third-order valence-corrected chi connectivity index (χ3v) is 3.98. The number of carboxylic acid groups (broad SMARTS) is 1. The van der Waals surface area contributed by atoms with Crippen LogP contribution >= 0.6 is 0 Å². The van der Waals surface area contributed by atoms with E-state index in [2.05, 4.69) is 29.6 Å². The molecule has 0 aromatic heterocycles. The van der Waals surface area contributed by atoms with Gasteiger partial charge < -0.3 is 10.4 Å². The number of carbonyl (C=O) groups is 2. The van der Waals surface area contributed by atoms with Crippen molar-refractivity contribution in [1.82, 2.24) is 10.2 Å². The third-order valence-electron chi connectivity index (χ3n) is 3.98. The summed E-state index contributed by atoms with van der Waals surface area (Å²) in [5, 5.41) is 11.6. The van der Waals surface area contributed by atoms with Gasteiger partial charge in [-0.05, 0) is 24.6 Å². The first kappa shape index (κ1) is 18.7. The van der Waals surface area contributed by atoms with Crippen LogP contribution in [-0.2, 0) is 9.59 Å². The predicted molar refractivity (Wildman–Crippen MR) is 97.5 cm³/mol. The fraction of sp³-hybridized carbons (Fsp3) is 0.300. The second kappa shape index (κ2) is 9.59. The highest BCUT2D eigenvalue weighted by Gasteiger charge is 2.15. The lowest BCUT2D eigenvalue weighted by atomic mass is 9.88. The molecule has 0 fully saturated rings. The standard InChI is InChI=1S/C20H24N2O3/c1-22(15-20(24)25)14-19(23)21-13-12-18(16-8-4-2-5-9-16)17-10-6-3-7-11-17/h2-11,18H,12-15H2,1H3,(H,21,23)(H,24,25). The molecule has 2 N–H and O–H groups in total. The summed E-state index contributed by atoms with van der Waals surface area (Å²) in [5.41, 5.74) is 2.43. The van der Waals surface area contributed by atoms with Gasteiger partial charge >= 0.3 is 5.97 Å². The number of rotatable bonds is 9. The van der Waals surface area contributed by atoms with Crippen molar-refractivity contribution in [3.63, 3.8) is 0 Å². The number of hydrogen-bond acceptors (Lipinski definition) is 3. The summed E-state index contributed by atoms with van der Waals surface area (Å²) >= 11 is 0. The van der Waals surface area contributed by atoms with Crippen LogP contribution in [0.2, 0.25) is 0 Å². The Morgan fingerprint density at radius 3 is 1.96 bits per heavy atom. The molecule has 132 valence electrons. The average molecular weight is 340 g/mol. The number of carboxylic acids is 1. The molecule has 0 bridgehead atoms. The van der Waals surface area contributed by atoms with E-state index in [0.717, 1.165) is 6.42 Å². The molecule has 1 amide bonds. The van der Waals surface area contributed by atoms with Gasteiger partial charge in [0.25, 0.3) is 0 Å². The summed E-state index contributed by atoms with van der Waals surface area (Å²) in [4.78, 5) is 24.1. The van der Waals surface area contributed by atoms with Crippen molar-refractivity contribution in [2.75, 3.05) is 26.7 Å². The molecule has 5 nitrogen and oxygen atoms in total. The van der Waals surface area contributed by atoms with Crippen molar-refractivity contribution in [3.8, 4) is 0 Å². The normalized spacial score (nSPS) is 10.8. The number of nitrogens with one attached hydrogen (secondary N) is 1. The topological polar surface area (TPSA) is 69.6 Å². The van der Waals surface area contributed by atoms with Crippen LogP contribution in [0.4, 0.5) is 0 Å². The Labute approximate surface area is 148 Å². The van der Waals surface area contributed by atoms with Gasteiger partial charge in [-0.2, -0.15) is 0 Å². The number of carbonyl (C=O) groups excluding carboxylic acids is 1. The lowest BCUT2D eigenvalue weighted by Crippen LogP contribution is -2.38. The van der Waals surface area contributed by atoms with E-state index in [0.29, 0.717) is 6.54 Å². The highest BCUT2D eigenvalue weighted by atomic mass is 16.4. The summed E-state index contributed by atoms with van der Waals surface area (Å²) in [6.45, 7) is 0.464. The van der Waals surface area contributed by atoms with E-state index in [-0.39, 0.29) is 24.9 Å². The van der Waals surface area contributed by atoms with Crippen LogP contribution in [-0.4, -0.2) is 48.6 Å². The summed E-state index contributed by atoms with van der Waals surface area (Å²) in [6.07, 6.45) is 0.780. The predicted octanol–water partition coefficient (Wildman–Crippen LogP) is 2.34. The Bertz CT molecular complexity index is 634. The molecule has 5 heteroatoms. The summed E-state index contributed by atoms with van der Waals surface area (Å²) in [6, 6.07) is 20.4. The average Bonchev–Trinajstić information content (AvgIpc) is 2.59. The van der Waals surface area contributed by atoms with E-state index in [9.17, 15) is 9.59 Å². The Balaban J connectivity index is 1.93. The van der Waals surface area contributed by atoms with Gasteiger partial charge in [0, 0.05) is 12.5 Å². The van der Waals surface area contributed by atoms with Crippen molar-refractivity contribution in [2.45, 2.75) is 12.3 Å².